The van der Waals surface area contributed by atoms with Gasteiger partial charge < -0.3 is 17.6 Å². The Morgan fingerprint density at radius 3 is 2.52 bits per heavy atom. The van der Waals surface area contributed by atoms with Gasteiger partial charge in [-0.3, -0.25) is 0 Å². The molecule has 0 spiro atoms. The molecule has 3 heterocycles. The average molecular weight is 537 g/mol. The molecule has 0 atom stereocenters. The van der Waals surface area contributed by atoms with Crippen LogP contribution in [0.2, 0.25) is 0 Å². The van der Waals surface area contributed by atoms with Gasteiger partial charge in [-0.25, -0.2) is 4.39 Å². The largest absolute Gasteiger partial charge is 0.738 e. The Morgan fingerprint density at radius 1 is 1.08 bits per heavy atom. The number of hydrogen-bond donors (Lipinski definition) is 0. The van der Waals surface area contributed by atoms with Gasteiger partial charge in [-0.1, -0.05) is 15.9 Å². The molecule has 1 aromatic heterocycles. The molecule has 0 aliphatic carbocycles. The number of halogens is 6. The van der Waals surface area contributed by atoms with Crippen LogP contribution in [0.3, 0.4) is 0 Å². The highest BCUT2D eigenvalue weighted by molar-refractivity contribution is 9.18. The predicted molar refractivity (Wildman–Crippen MR) is 104 cm³/mol. The zero-order chi connectivity index (χ0) is 18.1. The quantitative estimate of drug-likeness (QED) is 0.405. The van der Waals surface area contributed by atoms with Crippen LogP contribution in [0.15, 0.2) is 51.2 Å². The lowest BCUT2D eigenvalue weighted by molar-refractivity contribution is -0.358. The van der Waals surface area contributed by atoms with Crippen LogP contribution >= 0.6 is 47.8 Å². The molecular formula is C16H9BBr3F3N2. The molecule has 9 heteroatoms. The summed E-state index contributed by atoms with van der Waals surface area (Å²) in [6, 6.07) is 6.40. The third-order valence-corrected chi connectivity index (χ3v) is 6.11. The second kappa shape index (κ2) is 5.72. The van der Waals surface area contributed by atoms with Crippen molar-refractivity contribution >= 4 is 65.0 Å². The van der Waals surface area contributed by atoms with E-state index in [9.17, 15) is 4.39 Å². The van der Waals surface area contributed by atoms with E-state index in [4.69, 9.17) is 0 Å². The first-order chi connectivity index (χ1) is 11.7. The highest BCUT2D eigenvalue weighted by atomic mass is 79.9. The summed E-state index contributed by atoms with van der Waals surface area (Å²) in [5.41, 5.74) is 1.68. The first-order valence-corrected chi connectivity index (χ1v) is 9.71. The third-order valence-electron chi connectivity index (χ3n) is 4.36. The van der Waals surface area contributed by atoms with Crippen molar-refractivity contribution in [1.82, 2.24) is 4.48 Å². The van der Waals surface area contributed by atoms with Crippen LogP contribution in [0.4, 0.5) is 13.0 Å². The SMILES string of the molecule is Cc1cc(Br)cc(C2=C3C=CC(Br)=[N+]3[B-](F)(F)n3c(Br)ccc32)c1F. The van der Waals surface area contributed by atoms with Gasteiger partial charge in [-0.05, 0) is 52.7 Å². The van der Waals surface area contributed by atoms with Gasteiger partial charge in [0.05, 0.1) is 10.2 Å². The molecule has 4 rings (SSSR count). The molecule has 1 aromatic carbocycles. The molecule has 0 bridgehead atoms. The molecule has 0 saturated heterocycles. The fourth-order valence-electron chi connectivity index (χ4n) is 3.32. The van der Waals surface area contributed by atoms with Crippen molar-refractivity contribution in [1.29, 1.82) is 0 Å². The van der Waals surface area contributed by atoms with Gasteiger partial charge >= 0.3 is 6.97 Å². The van der Waals surface area contributed by atoms with E-state index in [-0.39, 0.29) is 26.2 Å². The molecule has 2 nitrogen and oxygen atoms in total. The van der Waals surface area contributed by atoms with Crippen LogP contribution in [-0.4, -0.2) is 20.6 Å². The third kappa shape index (κ3) is 2.39. The summed E-state index contributed by atoms with van der Waals surface area (Å²) in [7, 11) is 0. The van der Waals surface area contributed by atoms with E-state index in [0.717, 1.165) is 8.96 Å². The summed E-state index contributed by atoms with van der Waals surface area (Å²) in [6.45, 7) is -2.46. The fraction of sp³-hybridized carbons (Fsp3) is 0.0625. The van der Waals surface area contributed by atoms with E-state index in [2.05, 4.69) is 47.8 Å². The van der Waals surface area contributed by atoms with E-state index in [0.29, 0.717) is 15.6 Å². The first-order valence-electron chi connectivity index (χ1n) is 7.33. The van der Waals surface area contributed by atoms with E-state index in [1.54, 1.807) is 43.3 Å². The number of aromatic nitrogens is 1. The number of nitrogens with zero attached hydrogens (tertiary/aromatic N) is 2. The minimum Gasteiger partial charge on any atom is -0.389 e. The van der Waals surface area contributed by atoms with Crippen molar-refractivity contribution in [2.45, 2.75) is 6.92 Å². The van der Waals surface area contributed by atoms with Crippen molar-refractivity contribution in [3.05, 3.63) is 73.8 Å². The Labute approximate surface area is 167 Å². The molecule has 0 unspecified atom stereocenters. The van der Waals surface area contributed by atoms with Gasteiger partial charge in [0.15, 0.2) is 5.70 Å². The first kappa shape index (κ1) is 17.4. The summed E-state index contributed by atoms with van der Waals surface area (Å²) >= 11 is 9.76. The highest BCUT2D eigenvalue weighted by Crippen LogP contribution is 2.43. The van der Waals surface area contributed by atoms with Gasteiger partial charge in [-0.15, -0.1) is 0 Å². The molecule has 128 valence electrons. The molecule has 0 amide bonds. The molecule has 0 fully saturated rings. The van der Waals surface area contributed by atoms with Crippen LogP contribution in [-0.2, 0) is 0 Å². The lowest BCUT2D eigenvalue weighted by Gasteiger charge is -2.32. The number of fused-ring (bicyclic) bond motifs is 2. The summed E-state index contributed by atoms with van der Waals surface area (Å²) in [5, 5.41) is 0. The number of allylic oxidation sites excluding steroid dienone is 2. The zero-order valence-corrected chi connectivity index (χ0v) is 17.5. The van der Waals surface area contributed by atoms with Gasteiger partial charge in [0.1, 0.15) is 5.82 Å². The number of rotatable bonds is 1. The fourth-order valence-corrected chi connectivity index (χ4v) is 5.03. The summed E-state index contributed by atoms with van der Waals surface area (Å²) < 4.78 is 48.2. The summed E-state index contributed by atoms with van der Waals surface area (Å²) in [4.78, 5) is 0. The predicted octanol–water partition coefficient (Wildman–Crippen LogP) is 5.83. The molecular weight excluding hydrogens is 528 g/mol. The van der Waals surface area contributed by atoms with Gasteiger partial charge in [0.25, 0.3) is 0 Å². The molecule has 0 N–H and O–H groups in total. The average Bonchev–Trinajstić information content (AvgIpc) is 3.09. The Hall–Kier alpha value is -1.06. The highest BCUT2D eigenvalue weighted by Gasteiger charge is 2.54. The van der Waals surface area contributed by atoms with E-state index < -0.39 is 12.8 Å². The number of aryl methyl sites for hydroxylation is 1. The van der Waals surface area contributed by atoms with Crippen molar-refractivity contribution in [2.75, 3.05) is 0 Å². The van der Waals surface area contributed by atoms with E-state index in [1.165, 1.54) is 0 Å². The molecule has 25 heavy (non-hydrogen) atoms. The van der Waals surface area contributed by atoms with Crippen LogP contribution in [0, 0.1) is 12.7 Å². The Bertz CT molecular complexity index is 1040. The minimum atomic E-state index is -4.11. The van der Waals surface area contributed by atoms with Crippen molar-refractivity contribution in [2.24, 2.45) is 0 Å². The van der Waals surface area contributed by atoms with Crippen LogP contribution in [0.25, 0.3) is 5.57 Å². The summed E-state index contributed by atoms with van der Waals surface area (Å²) in [5.74, 6) is -0.427. The van der Waals surface area contributed by atoms with Crippen molar-refractivity contribution in [3.63, 3.8) is 0 Å². The number of hydrogen-bond acceptors (Lipinski definition) is 0. The molecule has 0 saturated carbocycles. The van der Waals surface area contributed by atoms with Crippen molar-refractivity contribution in [3.8, 4) is 0 Å². The molecule has 2 aromatic rings. The van der Waals surface area contributed by atoms with Crippen LogP contribution in [0.5, 0.6) is 0 Å². The van der Waals surface area contributed by atoms with Gasteiger partial charge in [0, 0.05) is 43.8 Å². The molecule has 2 aliphatic rings. The Balaban J connectivity index is 2.15. The van der Waals surface area contributed by atoms with Crippen LogP contribution < -0.4 is 0 Å². The lowest BCUT2D eigenvalue weighted by Crippen LogP contribution is -2.50. The normalized spacial score (nSPS) is 18.0. The smallest absolute Gasteiger partial charge is 0.389 e. The Kier molecular flexibility index (Phi) is 3.97. The van der Waals surface area contributed by atoms with Gasteiger partial charge in [-0.2, -0.15) is 0 Å². The van der Waals surface area contributed by atoms with Gasteiger partial charge in [0.2, 0.25) is 4.62 Å². The standard InChI is InChI=1S/C16H9BBr3F3N2/c1-8-6-9(18)7-10(16(8)21)15-11-2-4-13(19)24(11)17(22,23)25-12(15)3-5-14(25)20/h2-7H,1H3. The second-order valence-corrected chi connectivity index (χ2v) is 8.41. The van der Waals surface area contributed by atoms with Crippen molar-refractivity contribution < 1.29 is 17.5 Å². The van der Waals surface area contributed by atoms with E-state index >= 15 is 8.63 Å². The zero-order valence-electron chi connectivity index (χ0n) is 12.7. The maximum Gasteiger partial charge on any atom is 0.738 e. The van der Waals surface area contributed by atoms with E-state index in [1.807, 2.05) is 0 Å². The number of benzene rings is 1. The Morgan fingerprint density at radius 2 is 1.80 bits per heavy atom. The molecule has 2 aliphatic heterocycles. The lowest BCUT2D eigenvalue weighted by atomic mass is 9.86. The maximum atomic E-state index is 15.1. The minimum absolute atomic E-state index is 0.239. The molecule has 0 radical (unpaired) electrons. The van der Waals surface area contributed by atoms with Crippen LogP contribution in [0.1, 0.15) is 16.8 Å². The monoisotopic (exact) mass is 534 g/mol. The second-order valence-electron chi connectivity index (χ2n) is 5.87. The topological polar surface area (TPSA) is 7.94 Å². The summed E-state index contributed by atoms with van der Waals surface area (Å²) in [6.07, 6.45) is 3.13. The maximum absolute atomic E-state index is 15.1.